The maximum atomic E-state index is 4.69. The number of nitrogens with one attached hydrogen (secondary N) is 2. The van der Waals surface area contributed by atoms with Crippen LogP contribution in [0.15, 0.2) is 36.8 Å². The molecule has 0 amide bonds. The van der Waals surface area contributed by atoms with E-state index in [0.29, 0.717) is 6.54 Å². The molecule has 4 rings (SSSR count). The fourth-order valence-electron chi connectivity index (χ4n) is 2.56. The van der Waals surface area contributed by atoms with Crippen molar-refractivity contribution < 1.29 is 0 Å². The average Bonchev–Trinajstić information content (AvgIpc) is 3.35. The molecule has 2 N–H and O–H groups in total. The zero-order chi connectivity index (χ0) is 15.6. The van der Waals surface area contributed by atoms with E-state index in [1.54, 1.807) is 6.20 Å². The molecule has 0 aliphatic heterocycles. The Kier molecular flexibility index (Phi) is 3.57. The first kappa shape index (κ1) is 14.0. The Hall–Kier alpha value is -2.63. The van der Waals surface area contributed by atoms with Gasteiger partial charge in [0, 0.05) is 37.1 Å². The Morgan fingerprint density at radius 3 is 2.96 bits per heavy atom. The second-order valence-electron chi connectivity index (χ2n) is 6.13. The largest absolute Gasteiger partial charge is 0.370 e. The van der Waals surface area contributed by atoms with Gasteiger partial charge in [-0.25, -0.2) is 4.98 Å². The molecule has 0 bridgehead atoms. The molecule has 1 saturated carbocycles. The van der Waals surface area contributed by atoms with Gasteiger partial charge in [-0.15, -0.1) is 0 Å². The van der Waals surface area contributed by atoms with E-state index in [1.807, 2.05) is 36.0 Å². The summed E-state index contributed by atoms with van der Waals surface area (Å²) in [6.07, 6.45) is 8.15. The van der Waals surface area contributed by atoms with Crippen LogP contribution >= 0.6 is 0 Å². The Balaban J connectivity index is 1.60. The molecule has 1 aliphatic rings. The smallest absolute Gasteiger partial charge is 0.162 e. The molecule has 6 nitrogen and oxygen atoms in total. The number of rotatable bonds is 6. The zero-order valence-corrected chi connectivity index (χ0v) is 13.2. The molecule has 3 heterocycles. The normalized spacial score (nSPS) is 14.1. The van der Waals surface area contributed by atoms with E-state index < -0.39 is 0 Å². The zero-order valence-electron chi connectivity index (χ0n) is 13.2. The Bertz CT molecular complexity index is 807. The molecule has 0 atom stereocenters. The van der Waals surface area contributed by atoms with E-state index in [0.717, 1.165) is 40.9 Å². The Morgan fingerprint density at radius 2 is 2.17 bits per heavy atom. The van der Waals surface area contributed by atoms with E-state index in [1.165, 1.54) is 12.8 Å². The first-order valence-electron chi connectivity index (χ1n) is 8.01. The number of hydrogen-bond acceptors (Lipinski definition) is 5. The second kappa shape index (κ2) is 5.87. The lowest BCUT2D eigenvalue weighted by Gasteiger charge is -2.12. The molecule has 0 spiro atoms. The predicted molar refractivity (Wildman–Crippen MR) is 90.5 cm³/mol. The minimum atomic E-state index is 0.702. The van der Waals surface area contributed by atoms with E-state index in [-0.39, 0.29) is 0 Å². The molecule has 0 radical (unpaired) electrons. The second-order valence-corrected chi connectivity index (χ2v) is 6.13. The van der Waals surface area contributed by atoms with Crippen LogP contribution in [0.3, 0.4) is 0 Å². The maximum absolute atomic E-state index is 4.69. The highest BCUT2D eigenvalue weighted by Crippen LogP contribution is 2.29. The highest BCUT2D eigenvalue weighted by Gasteiger charge is 2.21. The minimum Gasteiger partial charge on any atom is -0.370 e. The summed E-state index contributed by atoms with van der Waals surface area (Å²) in [5.74, 6) is 2.65. The summed E-state index contributed by atoms with van der Waals surface area (Å²) in [6, 6.07) is 6.02. The van der Waals surface area contributed by atoms with Crippen molar-refractivity contribution in [3.63, 3.8) is 0 Å². The lowest BCUT2D eigenvalue weighted by atomic mass is 10.3. The van der Waals surface area contributed by atoms with Crippen LogP contribution in [0.5, 0.6) is 0 Å². The van der Waals surface area contributed by atoms with Crippen molar-refractivity contribution in [1.82, 2.24) is 19.6 Å². The fourth-order valence-corrected chi connectivity index (χ4v) is 2.56. The van der Waals surface area contributed by atoms with Crippen LogP contribution in [0, 0.1) is 12.8 Å². The Morgan fingerprint density at radius 1 is 1.26 bits per heavy atom. The standard InChI is InChI=1S/C17H20N6/c1-12-8-21-23-16(20-11-14-3-2-6-18-9-14)7-15(22-17(12)23)19-10-13-4-5-13/h2-3,6-9,13,20H,4-5,10-11H2,1H3,(H,19,22). The van der Waals surface area contributed by atoms with Crippen LogP contribution in [-0.4, -0.2) is 26.1 Å². The van der Waals surface area contributed by atoms with Crippen molar-refractivity contribution in [3.8, 4) is 0 Å². The van der Waals surface area contributed by atoms with Crippen LogP contribution < -0.4 is 10.6 Å². The summed E-state index contributed by atoms with van der Waals surface area (Å²) in [5.41, 5.74) is 3.10. The number of aromatic nitrogens is 4. The summed E-state index contributed by atoms with van der Waals surface area (Å²) in [5, 5.41) is 11.3. The van der Waals surface area contributed by atoms with Gasteiger partial charge in [-0.3, -0.25) is 4.98 Å². The van der Waals surface area contributed by atoms with Crippen LogP contribution in [0.4, 0.5) is 11.6 Å². The number of nitrogens with zero attached hydrogens (tertiary/aromatic N) is 4. The van der Waals surface area contributed by atoms with Gasteiger partial charge in [-0.2, -0.15) is 9.61 Å². The molecule has 23 heavy (non-hydrogen) atoms. The van der Waals surface area contributed by atoms with Gasteiger partial charge in [0.2, 0.25) is 0 Å². The molecule has 6 heteroatoms. The molecular formula is C17H20N6. The third-order valence-corrected chi connectivity index (χ3v) is 4.11. The molecule has 0 unspecified atom stereocenters. The lowest BCUT2D eigenvalue weighted by molar-refractivity contribution is 0.875. The summed E-state index contributed by atoms with van der Waals surface area (Å²) < 4.78 is 1.86. The van der Waals surface area contributed by atoms with Crippen molar-refractivity contribution in [3.05, 3.63) is 47.9 Å². The van der Waals surface area contributed by atoms with Gasteiger partial charge >= 0.3 is 0 Å². The minimum absolute atomic E-state index is 0.702. The molecule has 1 aliphatic carbocycles. The van der Waals surface area contributed by atoms with E-state index >= 15 is 0 Å². The quantitative estimate of drug-likeness (QED) is 0.733. The van der Waals surface area contributed by atoms with Crippen LogP contribution in [0.25, 0.3) is 5.65 Å². The number of hydrogen-bond donors (Lipinski definition) is 2. The first-order chi connectivity index (χ1) is 11.3. The van der Waals surface area contributed by atoms with Gasteiger partial charge in [0.25, 0.3) is 0 Å². The van der Waals surface area contributed by atoms with Gasteiger partial charge in [-0.1, -0.05) is 6.07 Å². The number of fused-ring (bicyclic) bond motifs is 1. The first-order valence-corrected chi connectivity index (χ1v) is 8.01. The highest BCUT2D eigenvalue weighted by atomic mass is 15.3. The van der Waals surface area contributed by atoms with Gasteiger partial charge in [0.05, 0.1) is 6.20 Å². The van der Waals surface area contributed by atoms with Gasteiger partial charge in [0.15, 0.2) is 5.65 Å². The predicted octanol–water partition coefficient (Wildman–Crippen LogP) is 2.87. The van der Waals surface area contributed by atoms with Gasteiger partial charge in [-0.05, 0) is 37.3 Å². The fraction of sp³-hybridized carbons (Fsp3) is 0.353. The third kappa shape index (κ3) is 3.11. The number of anilines is 2. The molecule has 1 fully saturated rings. The lowest BCUT2D eigenvalue weighted by Crippen LogP contribution is -2.10. The van der Waals surface area contributed by atoms with E-state index in [4.69, 9.17) is 0 Å². The van der Waals surface area contributed by atoms with Crippen molar-refractivity contribution in [2.24, 2.45) is 5.92 Å². The van der Waals surface area contributed by atoms with Gasteiger partial charge < -0.3 is 10.6 Å². The van der Waals surface area contributed by atoms with Crippen LogP contribution in [-0.2, 0) is 6.54 Å². The SMILES string of the molecule is Cc1cnn2c(NCc3cccnc3)cc(NCC3CC3)nc12. The molecule has 3 aromatic rings. The molecular weight excluding hydrogens is 288 g/mol. The average molecular weight is 308 g/mol. The van der Waals surface area contributed by atoms with Crippen LogP contribution in [0.2, 0.25) is 0 Å². The number of aryl methyl sites for hydroxylation is 1. The molecule has 3 aromatic heterocycles. The highest BCUT2D eigenvalue weighted by molar-refractivity contribution is 5.60. The molecule has 0 saturated heterocycles. The summed E-state index contributed by atoms with van der Waals surface area (Å²) in [6.45, 7) is 3.73. The Labute approximate surface area is 135 Å². The van der Waals surface area contributed by atoms with Crippen LogP contribution in [0.1, 0.15) is 24.0 Å². The number of pyridine rings is 1. The monoisotopic (exact) mass is 308 g/mol. The van der Waals surface area contributed by atoms with Crippen molar-refractivity contribution in [1.29, 1.82) is 0 Å². The molecule has 0 aromatic carbocycles. The topological polar surface area (TPSA) is 67.1 Å². The van der Waals surface area contributed by atoms with Crippen molar-refractivity contribution in [2.45, 2.75) is 26.3 Å². The van der Waals surface area contributed by atoms with Crippen molar-refractivity contribution >= 4 is 17.3 Å². The van der Waals surface area contributed by atoms with Gasteiger partial charge in [0.1, 0.15) is 11.6 Å². The summed E-state index contributed by atoms with van der Waals surface area (Å²) >= 11 is 0. The maximum Gasteiger partial charge on any atom is 0.162 e. The summed E-state index contributed by atoms with van der Waals surface area (Å²) in [4.78, 5) is 8.84. The van der Waals surface area contributed by atoms with E-state index in [2.05, 4.69) is 31.8 Å². The summed E-state index contributed by atoms with van der Waals surface area (Å²) in [7, 11) is 0. The van der Waals surface area contributed by atoms with E-state index in [9.17, 15) is 0 Å². The molecule has 118 valence electrons. The third-order valence-electron chi connectivity index (χ3n) is 4.11. The van der Waals surface area contributed by atoms with Crippen molar-refractivity contribution in [2.75, 3.05) is 17.2 Å².